The SMILES string of the molecule is Brc1cc(Br)cc([Te]c2ccccc2)c1. The average Bonchev–Trinajstić information content (AvgIpc) is 2.17. The fraction of sp³-hybridized carbons (Fsp3) is 0. The van der Waals surface area contributed by atoms with Crippen LogP contribution in [0.15, 0.2) is 57.5 Å². The molecule has 2 aromatic carbocycles. The third kappa shape index (κ3) is 3.60. The standard InChI is InChI=1S/C12H8Br2Te/c13-9-6-10(14)8-12(7-9)15-11-4-2-1-3-5-11/h1-8H. The van der Waals surface area contributed by atoms with Crippen LogP contribution in [0, 0.1) is 0 Å². The van der Waals surface area contributed by atoms with E-state index in [0.29, 0.717) is 0 Å². The fourth-order valence-electron chi connectivity index (χ4n) is 1.21. The first kappa shape index (κ1) is 11.7. The van der Waals surface area contributed by atoms with Crippen LogP contribution in [0.3, 0.4) is 0 Å². The van der Waals surface area contributed by atoms with Crippen LogP contribution in [-0.4, -0.2) is 20.9 Å². The topological polar surface area (TPSA) is 0 Å². The van der Waals surface area contributed by atoms with Crippen molar-refractivity contribution in [2.75, 3.05) is 0 Å². The molecule has 76 valence electrons. The van der Waals surface area contributed by atoms with Crippen LogP contribution >= 0.6 is 31.9 Å². The van der Waals surface area contributed by atoms with Crippen molar-refractivity contribution < 1.29 is 0 Å². The fourth-order valence-corrected chi connectivity index (χ4v) is 6.12. The van der Waals surface area contributed by atoms with Crippen LogP contribution in [0.4, 0.5) is 0 Å². The second kappa shape index (κ2) is 5.50. The zero-order valence-electron chi connectivity index (χ0n) is 7.78. The van der Waals surface area contributed by atoms with Crippen LogP contribution in [0.1, 0.15) is 0 Å². The molecule has 2 aromatic rings. The van der Waals surface area contributed by atoms with Crippen molar-refractivity contribution in [3.05, 3.63) is 57.5 Å². The Bertz CT molecular complexity index is 434. The van der Waals surface area contributed by atoms with Gasteiger partial charge in [-0.05, 0) is 0 Å². The molecular weight excluding hydrogens is 432 g/mol. The summed E-state index contributed by atoms with van der Waals surface area (Å²) in [6, 6.07) is 17.2. The number of halogens is 2. The molecule has 15 heavy (non-hydrogen) atoms. The van der Waals surface area contributed by atoms with Crippen LogP contribution in [0.5, 0.6) is 0 Å². The summed E-state index contributed by atoms with van der Waals surface area (Å²) in [5, 5.41) is 0. The van der Waals surface area contributed by atoms with Gasteiger partial charge in [0.2, 0.25) is 0 Å². The van der Waals surface area contributed by atoms with Crippen molar-refractivity contribution in [3.63, 3.8) is 0 Å². The van der Waals surface area contributed by atoms with Gasteiger partial charge in [0.05, 0.1) is 0 Å². The third-order valence-corrected chi connectivity index (χ3v) is 5.53. The van der Waals surface area contributed by atoms with Crippen molar-refractivity contribution in [2.24, 2.45) is 0 Å². The van der Waals surface area contributed by atoms with Gasteiger partial charge in [-0.1, -0.05) is 0 Å². The molecule has 0 aromatic heterocycles. The van der Waals surface area contributed by atoms with Gasteiger partial charge in [0, 0.05) is 0 Å². The summed E-state index contributed by atoms with van der Waals surface area (Å²) in [5.74, 6) is 0. The molecule has 0 aliphatic rings. The second-order valence-corrected chi connectivity index (χ2v) is 8.13. The first-order valence-electron chi connectivity index (χ1n) is 4.43. The van der Waals surface area contributed by atoms with E-state index >= 15 is 0 Å². The molecule has 2 rings (SSSR count). The van der Waals surface area contributed by atoms with E-state index in [2.05, 4.69) is 80.4 Å². The van der Waals surface area contributed by atoms with Crippen LogP contribution in [-0.2, 0) is 0 Å². The first-order chi connectivity index (χ1) is 7.24. The van der Waals surface area contributed by atoms with Crippen LogP contribution in [0.2, 0.25) is 0 Å². The van der Waals surface area contributed by atoms with E-state index in [4.69, 9.17) is 0 Å². The third-order valence-electron chi connectivity index (χ3n) is 1.81. The maximum atomic E-state index is 3.52. The molecule has 0 aliphatic carbocycles. The zero-order valence-corrected chi connectivity index (χ0v) is 13.3. The molecule has 3 heteroatoms. The van der Waals surface area contributed by atoms with E-state index in [9.17, 15) is 0 Å². The number of hydrogen-bond acceptors (Lipinski definition) is 0. The number of rotatable bonds is 2. The summed E-state index contributed by atoms with van der Waals surface area (Å²) >= 11 is 6.78. The molecule has 0 aliphatic heterocycles. The Hall–Kier alpha value is 0.190. The average molecular weight is 440 g/mol. The summed E-state index contributed by atoms with van der Waals surface area (Å²) in [5.41, 5.74) is 0. The molecule has 0 saturated carbocycles. The van der Waals surface area contributed by atoms with E-state index in [-0.39, 0.29) is 20.9 Å². The van der Waals surface area contributed by atoms with Gasteiger partial charge in [-0.25, -0.2) is 0 Å². The summed E-state index contributed by atoms with van der Waals surface area (Å²) in [6.45, 7) is 0. The molecule has 0 spiro atoms. The first-order valence-corrected chi connectivity index (χ1v) is 8.35. The predicted molar refractivity (Wildman–Crippen MR) is 73.3 cm³/mol. The van der Waals surface area contributed by atoms with E-state index < -0.39 is 0 Å². The molecule has 0 saturated heterocycles. The van der Waals surface area contributed by atoms with E-state index in [1.54, 1.807) is 0 Å². The maximum absolute atomic E-state index is 3.52. The summed E-state index contributed by atoms with van der Waals surface area (Å²) in [4.78, 5) is 0. The molecule has 0 bridgehead atoms. The minimum atomic E-state index is -0.253. The minimum absolute atomic E-state index is 0.253. The molecule has 0 N–H and O–H groups in total. The Balaban J connectivity index is 2.25. The molecule has 0 amide bonds. The molecule has 0 nitrogen and oxygen atoms in total. The van der Waals surface area contributed by atoms with E-state index in [1.165, 1.54) is 7.22 Å². The zero-order chi connectivity index (χ0) is 10.7. The second-order valence-electron chi connectivity index (χ2n) is 3.02. The van der Waals surface area contributed by atoms with Crippen LogP contribution < -0.4 is 7.22 Å². The Morgan fingerprint density at radius 3 is 1.93 bits per heavy atom. The van der Waals surface area contributed by atoms with Gasteiger partial charge in [0.15, 0.2) is 0 Å². The molecule has 0 fully saturated rings. The predicted octanol–water partition coefficient (Wildman–Crippen LogP) is 2.87. The van der Waals surface area contributed by atoms with Gasteiger partial charge >= 0.3 is 117 Å². The van der Waals surface area contributed by atoms with E-state index in [0.717, 1.165) is 8.95 Å². The Morgan fingerprint density at radius 2 is 1.33 bits per heavy atom. The molecular formula is C12H8Br2Te. The number of hydrogen-bond donors (Lipinski definition) is 0. The quantitative estimate of drug-likeness (QED) is 0.632. The van der Waals surface area contributed by atoms with Crippen molar-refractivity contribution in [1.29, 1.82) is 0 Å². The van der Waals surface area contributed by atoms with Gasteiger partial charge in [0.25, 0.3) is 0 Å². The number of benzene rings is 2. The van der Waals surface area contributed by atoms with Crippen molar-refractivity contribution in [1.82, 2.24) is 0 Å². The molecule has 0 unspecified atom stereocenters. The summed E-state index contributed by atoms with van der Waals surface area (Å²) < 4.78 is 5.20. The summed E-state index contributed by atoms with van der Waals surface area (Å²) in [7, 11) is 0. The van der Waals surface area contributed by atoms with Gasteiger partial charge in [-0.3, -0.25) is 0 Å². The van der Waals surface area contributed by atoms with Gasteiger partial charge in [-0.2, -0.15) is 0 Å². The van der Waals surface area contributed by atoms with Gasteiger partial charge in [0.1, 0.15) is 0 Å². The Morgan fingerprint density at radius 1 is 0.733 bits per heavy atom. The van der Waals surface area contributed by atoms with Crippen molar-refractivity contribution in [2.45, 2.75) is 0 Å². The Labute approximate surface area is 116 Å². The normalized spacial score (nSPS) is 10.3. The Kier molecular flexibility index (Phi) is 4.28. The van der Waals surface area contributed by atoms with Crippen molar-refractivity contribution in [3.8, 4) is 0 Å². The van der Waals surface area contributed by atoms with Crippen LogP contribution in [0.25, 0.3) is 0 Å². The molecule has 0 radical (unpaired) electrons. The molecule has 0 atom stereocenters. The van der Waals surface area contributed by atoms with Gasteiger partial charge < -0.3 is 0 Å². The summed E-state index contributed by atoms with van der Waals surface area (Å²) in [6.07, 6.45) is 0. The van der Waals surface area contributed by atoms with Crippen molar-refractivity contribution >= 4 is 60.0 Å². The molecule has 0 heterocycles. The monoisotopic (exact) mass is 440 g/mol. The van der Waals surface area contributed by atoms with Gasteiger partial charge in [-0.15, -0.1) is 0 Å². The van der Waals surface area contributed by atoms with E-state index in [1.807, 2.05) is 0 Å².